The second kappa shape index (κ2) is 10.3. The van der Waals surface area contributed by atoms with E-state index in [0.29, 0.717) is 24.8 Å². The number of rotatable bonds is 8. The average Bonchev–Trinajstić information content (AvgIpc) is 2.59. The van der Waals surface area contributed by atoms with Crippen LogP contribution in [0.5, 0.6) is 0 Å². The molecule has 25 heavy (non-hydrogen) atoms. The van der Waals surface area contributed by atoms with Crippen molar-refractivity contribution in [3.8, 4) is 0 Å². The van der Waals surface area contributed by atoms with Gasteiger partial charge in [0, 0.05) is 38.5 Å². The third-order valence-corrected chi connectivity index (χ3v) is 4.42. The second-order valence-electron chi connectivity index (χ2n) is 7.35. The fourth-order valence-corrected chi connectivity index (χ4v) is 2.85. The van der Waals surface area contributed by atoms with Crippen molar-refractivity contribution < 1.29 is 9.53 Å². The molecule has 0 bridgehead atoms. The first kappa shape index (κ1) is 19.6. The molecule has 1 aromatic carbocycles. The zero-order valence-electron chi connectivity index (χ0n) is 15.8. The van der Waals surface area contributed by atoms with Crippen molar-refractivity contribution in [1.29, 1.82) is 0 Å². The zero-order valence-corrected chi connectivity index (χ0v) is 15.8. The molecule has 0 unspecified atom stereocenters. The standard InChI is InChI=1S/C20H32N3O2/c1-16(2)15-25-14-4-11-21-20(24)22-18-5-7-19(8-6-18)23-12-9-17(3)10-13-23/h5-8,16-17H,4,9-15H2,1-3H3,(H,21,24). The van der Waals surface area contributed by atoms with Crippen LogP contribution in [-0.4, -0.2) is 38.9 Å². The summed E-state index contributed by atoms with van der Waals surface area (Å²) in [4.78, 5) is 14.3. The molecule has 1 saturated heterocycles. The summed E-state index contributed by atoms with van der Waals surface area (Å²) in [6.07, 6.45) is 3.30. The van der Waals surface area contributed by atoms with Crippen molar-refractivity contribution in [2.75, 3.05) is 37.7 Å². The number of nitrogens with one attached hydrogen (secondary N) is 1. The number of ether oxygens (including phenoxy) is 1. The fraction of sp³-hybridized carbons (Fsp3) is 0.650. The van der Waals surface area contributed by atoms with Crippen LogP contribution in [0.1, 0.15) is 40.0 Å². The first-order chi connectivity index (χ1) is 12.0. The van der Waals surface area contributed by atoms with Crippen LogP contribution < -0.4 is 15.5 Å². The van der Waals surface area contributed by atoms with Crippen molar-refractivity contribution in [1.82, 2.24) is 10.6 Å². The van der Waals surface area contributed by atoms with Crippen LogP contribution in [0.4, 0.5) is 16.2 Å². The molecule has 0 atom stereocenters. The van der Waals surface area contributed by atoms with Gasteiger partial charge in [-0.15, -0.1) is 0 Å². The Morgan fingerprint density at radius 1 is 1.28 bits per heavy atom. The second-order valence-corrected chi connectivity index (χ2v) is 7.35. The highest BCUT2D eigenvalue weighted by Crippen LogP contribution is 2.24. The first-order valence-electron chi connectivity index (χ1n) is 9.47. The van der Waals surface area contributed by atoms with E-state index in [4.69, 9.17) is 4.74 Å². The Morgan fingerprint density at radius 2 is 1.96 bits per heavy atom. The Balaban J connectivity index is 1.65. The van der Waals surface area contributed by atoms with Crippen LogP contribution in [0.2, 0.25) is 0 Å². The van der Waals surface area contributed by atoms with E-state index in [2.05, 4.69) is 48.4 Å². The fourth-order valence-electron chi connectivity index (χ4n) is 2.85. The van der Waals surface area contributed by atoms with Gasteiger partial charge in [0.1, 0.15) is 0 Å². The van der Waals surface area contributed by atoms with Crippen LogP contribution in [-0.2, 0) is 4.74 Å². The van der Waals surface area contributed by atoms with Gasteiger partial charge in [-0.1, -0.05) is 20.8 Å². The Bertz CT molecular complexity index is 508. The molecule has 1 fully saturated rings. The molecule has 0 aliphatic carbocycles. The highest BCUT2D eigenvalue weighted by molar-refractivity contribution is 5.79. The van der Waals surface area contributed by atoms with Crippen LogP contribution in [0.25, 0.3) is 0 Å². The molecule has 1 aliphatic heterocycles. The molecule has 0 aromatic heterocycles. The van der Waals surface area contributed by atoms with Gasteiger partial charge < -0.3 is 15.0 Å². The molecular weight excluding hydrogens is 314 g/mol. The van der Waals surface area contributed by atoms with Crippen molar-refractivity contribution in [2.24, 2.45) is 11.8 Å². The molecule has 1 N–H and O–H groups in total. The summed E-state index contributed by atoms with van der Waals surface area (Å²) >= 11 is 0. The lowest BCUT2D eigenvalue weighted by atomic mass is 9.99. The first-order valence-corrected chi connectivity index (χ1v) is 9.47. The molecule has 5 heteroatoms. The summed E-state index contributed by atoms with van der Waals surface area (Å²) in [7, 11) is 0. The van der Waals surface area contributed by atoms with E-state index in [1.54, 1.807) is 0 Å². The maximum Gasteiger partial charge on any atom is 0.341 e. The number of hydrogen-bond donors (Lipinski definition) is 1. The summed E-state index contributed by atoms with van der Waals surface area (Å²) in [5.74, 6) is 1.37. The number of nitrogens with zero attached hydrogens (tertiary/aromatic N) is 2. The maximum absolute atomic E-state index is 11.8. The molecule has 2 rings (SSSR count). The third kappa shape index (κ3) is 7.34. The maximum atomic E-state index is 11.8. The molecule has 1 aliphatic rings. The Kier molecular flexibility index (Phi) is 8.06. The number of benzene rings is 1. The predicted molar refractivity (Wildman–Crippen MR) is 103 cm³/mol. The molecule has 139 valence electrons. The Labute approximate surface area is 152 Å². The number of anilines is 1. The van der Waals surface area contributed by atoms with Gasteiger partial charge >= 0.3 is 6.03 Å². The van der Waals surface area contributed by atoms with Crippen molar-refractivity contribution in [3.63, 3.8) is 0 Å². The number of amides is 2. The highest BCUT2D eigenvalue weighted by atomic mass is 16.5. The monoisotopic (exact) mass is 346 g/mol. The van der Waals surface area contributed by atoms with Gasteiger partial charge in [-0.05, 0) is 55.4 Å². The zero-order chi connectivity index (χ0) is 18.1. The lowest BCUT2D eigenvalue weighted by Crippen LogP contribution is -2.32. The molecule has 0 saturated carbocycles. The van der Waals surface area contributed by atoms with Gasteiger partial charge in [0.2, 0.25) is 0 Å². The summed E-state index contributed by atoms with van der Waals surface area (Å²) in [5.41, 5.74) is 1.91. The van der Waals surface area contributed by atoms with E-state index in [0.717, 1.165) is 32.0 Å². The highest BCUT2D eigenvalue weighted by Gasteiger charge is 2.16. The van der Waals surface area contributed by atoms with Gasteiger partial charge in [0.05, 0.1) is 5.69 Å². The van der Waals surface area contributed by atoms with E-state index in [1.165, 1.54) is 18.5 Å². The van der Waals surface area contributed by atoms with E-state index >= 15 is 0 Å². The van der Waals surface area contributed by atoms with Gasteiger partial charge in [-0.3, -0.25) is 0 Å². The van der Waals surface area contributed by atoms with Gasteiger partial charge in [0.15, 0.2) is 0 Å². The van der Waals surface area contributed by atoms with Crippen LogP contribution in [0.15, 0.2) is 24.3 Å². The average molecular weight is 346 g/mol. The Morgan fingerprint density at radius 3 is 2.60 bits per heavy atom. The van der Waals surface area contributed by atoms with Crippen LogP contribution in [0, 0.1) is 11.8 Å². The minimum atomic E-state index is -0.289. The van der Waals surface area contributed by atoms with Crippen molar-refractivity contribution >= 4 is 17.4 Å². The molecule has 2 amide bonds. The van der Waals surface area contributed by atoms with Gasteiger partial charge in [-0.25, -0.2) is 4.79 Å². The molecular formula is C20H32N3O2. The van der Waals surface area contributed by atoms with E-state index in [1.807, 2.05) is 12.1 Å². The number of carbonyl (C=O) groups excluding carboxylic acids is 1. The topological polar surface area (TPSA) is 55.7 Å². The molecule has 0 spiro atoms. The van der Waals surface area contributed by atoms with E-state index < -0.39 is 0 Å². The minimum absolute atomic E-state index is 0.289. The van der Waals surface area contributed by atoms with Crippen LogP contribution >= 0.6 is 0 Å². The van der Waals surface area contributed by atoms with Crippen molar-refractivity contribution in [2.45, 2.75) is 40.0 Å². The normalized spacial score (nSPS) is 15.4. The van der Waals surface area contributed by atoms with Crippen LogP contribution in [0.3, 0.4) is 0 Å². The third-order valence-electron chi connectivity index (χ3n) is 4.42. The largest absolute Gasteiger partial charge is 0.381 e. The summed E-state index contributed by atoms with van der Waals surface area (Å²) in [5, 5.41) is 6.90. The van der Waals surface area contributed by atoms with E-state index in [-0.39, 0.29) is 6.03 Å². The predicted octanol–water partition coefficient (Wildman–Crippen LogP) is 3.93. The lowest BCUT2D eigenvalue weighted by molar-refractivity contribution is 0.108. The van der Waals surface area contributed by atoms with Gasteiger partial charge in [-0.2, -0.15) is 5.32 Å². The summed E-state index contributed by atoms with van der Waals surface area (Å²) < 4.78 is 5.49. The lowest BCUT2D eigenvalue weighted by Gasteiger charge is -2.32. The smallest absolute Gasteiger partial charge is 0.341 e. The number of urea groups is 1. The SMILES string of the molecule is CC(C)COCCCNC(=O)[N]c1ccc(N2CCC(C)CC2)cc1. The summed E-state index contributed by atoms with van der Waals surface area (Å²) in [6, 6.07) is 7.66. The Hall–Kier alpha value is -1.75. The number of hydrogen-bond acceptors (Lipinski definition) is 3. The van der Waals surface area contributed by atoms with Crippen molar-refractivity contribution in [3.05, 3.63) is 24.3 Å². The number of carbonyl (C=O) groups is 1. The van der Waals surface area contributed by atoms with Gasteiger partial charge in [0.25, 0.3) is 0 Å². The minimum Gasteiger partial charge on any atom is -0.381 e. The summed E-state index contributed by atoms with van der Waals surface area (Å²) in [6.45, 7) is 10.8. The molecule has 5 nitrogen and oxygen atoms in total. The number of piperidine rings is 1. The molecule has 1 aromatic rings. The molecule has 1 heterocycles. The quantitative estimate of drug-likeness (QED) is 0.726. The molecule has 1 radical (unpaired) electrons. The van der Waals surface area contributed by atoms with E-state index in [9.17, 15) is 4.79 Å².